The number of sulfone groups is 1. The van der Waals surface area contributed by atoms with Gasteiger partial charge in [-0.3, -0.25) is 4.79 Å². The van der Waals surface area contributed by atoms with Gasteiger partial charge in [-0.15, -0.1) is 0 Å². The predicted molar refractivity (Wildman–Crippen MR) is 101 cm³/mol. The van der Waals surface area contributed by atoms with Gasteiger partial charge >= 0.3 is 0 Å². The minimum Gasteiger partial charge on any atom is -0.484 e. The summed E-state index contributed by atoms with van der Waals surface area (Å²) in [6.45, 7) is 2.06. The second-order valence-electron chi connectivity index (χ2n) is 6.60. The molecule has 0 aromatic heterocycles. The molecule has 2 aromatic rings. The maximum absolute atomic E-state index is 14.1. The first-order valence-electron chi connectivity index (χ1n) is 8.80. The van der Waals surface area contributed by atoms with Gasteiger partial charge in [-0.1, -0.05) is 36.4 Å². The Kier molecular flexibility index (Phi) is 5.79. The summed E-state index contributed by atoms with van der Waals surface area (Å²) < 4.78 is 44.9. The molecule has 0 spiro atoms. The number of benzene rings is 2. The van der Waals surface area contributed by atoms with Crippen molar-refractivity contribution in [1.29, 1.82) is 0 Å². The van der Waals surface area contributed by atoms with Gasteiger partial charge in [0.2, 0.25) is 0 Å². The molecule has 0 radical (unpaired) electrons. The Labute approximate surface area is 158 Å². The van der Waals surface area contributed by atoms with Crippen molar-refractivity contribution in [1.82, 2.24) is 4.90 Å². The second kappa shape index (κ2) is 8.08. The zero-order valence-corrected chi connectivity index (χ0v) is 15.9. The first-order valence-corrected chi connectivity index (χ1v) is 10.5. The molecular formula is C20H22FNO4S. The number of nitrogens with zero attached hydrogens (tertiary/aromatic N) is 1. The van der Waals surface area contributed by atoms with Gasteiger partial charge in [0.15, 0.2) is 16.4 Å². The zero-order valence-electron chi connectivity index (χ0n) is 15.1. The molecule has 0 bridgehead atoms. The third-order valence-electron chi connectivity index (χ3n) is 4.79. The van der Waals surface area contributed by atoms with Crippen LogP contribution in [-0.2, 0) is 14.6 Å². The number of hydrogen-bond acceptors (Lipinski definition) is 4. The van der Waals surface area contributed by atoms with Crippen LogP contribution >= 0.6 is 0 Å². The molecule has 1 amide bonds. The minimum atomic E-state index is -3.55. The summed E-state index contributed by atoms with van der Waals surface area (Å²) in [6, 6.07) is 13.3. The summed E-state index contributed by atoms with van der Waals surface area (Å²) in [5.41, 5.74) is 1.09. The van der Waals surface area contributed by atoms with E-state index in [0.29, 0.717) is 5.75 Å². The van der Waals surface area contributed by atoms with Gasteiger partial charge in [0.1, 0.15) is 11.6 Å². The van der Waals surface area contributed by atoms with Crippen LogP contribution in [0.2, 0.25) is 0 Å². The molecule has 0 saturated carbocycles. The number of ether oxygens (including phenoxy) is 1. The van der Waals surface area contributed by atoms with Gasteiger partial charge in [-0.2, -0.15) is 0 Å². The Morgan fingerprint density at radius 2 is 1.85 bits per heavy atom. The molecule has 1 saturated heterocycles. The largest absolute Gasteiger partial charge is 0.484 e. The summed E-state index contributed by atoms with van der Waals surface area (Å²) in [6.07, 6.45) is 0.166. The number of rotatable bonds is 4. The van der Waals surface area contributed by atoms with Crippen LogP contribution < -0.4 is 4.74 Å². The molecule has 0 aliphatic carbocycles. The van der Waals surface area contributed by atoms with E-state index in [9.17, 15) is 17.6 Å². The summed E-state index contributed by atoms with van der Waals surface area (Å²) in [7, 11) is -3.55. The normalized spacial score (nSPS) is 19.3. The Hall–Kier alpha value is -2.41. The quantitative estimate of drug-likeness (QED) is 0.804. The molecule has 1 unspecified atom stereocenters. The van der Waals surface area contributed by atoms with Crippen LogP contribution in [0.4, 0.5) is 4.39 Å². The Balaban J connectivity index is 1.69. The highest BCUT2D eigenvalue weighted by Crippen LogP contribution is 2.31. The van der Waals surface area contributed by atoms with E-state index < -0.39 is 20.9 Å². The molecule has 144 valence electrons. The summed E-state index contributed by atoms with van der Waals surface area (Å²) >= 11 is 0. The minimum absolute atomic E-state index is 0.0866. The molecule has 1 fully saturated rings. The van der Waals surface area contributed by atoms with Gasteiger partial charge in [-0.05, 0) is 31.0 Å². The first kappa shape index (κ1) is 19.4. The van der Waals surface area contributed by atoms with Crippen molar-refractivity contribution in [3.05, 3.63) is 65.5 Å². The highest BCUT2D eigenvalue weighted by atomic mass is 32.2. The Morgan fingerprint density at radius 1 is 1.15 bits per heavy atom. The summed E-state index contributed by atoms with van der Waals surface area (Å²) in [4.78, 5) is 14.0. The molecule has 1 atom stereocenters. The van der Waals surface area contributed by atoms with Crippen LogP contribution in [0.5, 0.6) is 5.75 Å². The van der Waals surface area contributed by atoms with Crippen LogP contribution in [0.3, 0.4) is 0 Å². The third kappa shape index (κ3) is 4.47. The number of carbonyl (C=O) groups is 1. The van der Waals surface area contributed by atoms with Crippen molar-refractivity contribution >= 4 is 15.7 Å². The van der Waals surface area contributed by atoms with Gasteiger partial charge in [0.05, 0.1) is 11.0 Å². The van der Waals surface area contributed by atoms with Gasteiger partial charge in [-0.25, -0.2) is 12.8 Å². The van der Waals surface area contributed by atoms with Crippen molar-refractivity contribution in [2.24, 2.45) is 0 Å². The third-order valence-corrected chi connectivity index (χ3v) is 6.90. The molecule has 7 heteroatoms. The molecule has 0 N–H and O–H groups in total. The lowest BCUT2D eigenvalue weighted by atomic mass is 10.1. The molecule has 27 heavy (non-hydrogen) atoms. The van der Waals surface area contributed by atoms with Crippen LogP contribution in [0.25, 0.3) is 0 Å². The lowest BCUT2D eigenvalue weighted by molar-refractivity contribution is -0.133. The SMILES string of the molecule is Cc1ccccc1OCC(=O)N1CCC(c2ccccc2F)S(=O)(=O)CC1. The molecule has 1 aliphatic rings. The highest BCUT2D eigenvalue weighted by Gasteiger charge is 2.34. The highest BCUT2D eigenvalue weighted by molar-refractivity contribution is 7.91. The van der Waals surface area contributed by atoms with Crippen molar-refractivity contribution in [3.63, 3.8) is 0 Å². The number of carbonyl (C=O) groups excluding carboxylic acids is 1. The number of halogens is 1. The molecule has 2 aromatic carbocycles. The smallest absolute Gasteiger partial charge is 0.260 e. The summed E-state index contributed by atoms with van der Waals surface area (Å²) in [5.74, 6) is -0.379. The molecule has 3 rings (SSSR count). The maximum atomic E-state index is 14.1. The standard InChI is InChI=1S/C20H22FNO4S/c1-15-6-2-5-9-18(15)26-14-20(23)22-11-10-19(27(24,25)13-12-22)16-7-3-4-8-17(16)21/h2-9,19H,10-14H2,1H3. The fraction of sp³-hybridized carbons (Fsp3) is 0.350. The summed E-state index contributed by atoms with van der Waals surface area (Å²) in [5, 5.41) is -0.936. The maximum Gasteiger partial charge on any atom is 0.260 e. The van der Waals surface area contributed by atoms with E-state index in [0.717, 1.165) is 5.56 Å². The van der Waals surface area contributed by atoms with E-state index in [1.807, 2.05) is 25.1 Å². The number of hydrogen-bond donors (Lipinski definition) is 0. The Morgan fingerprint density at radius 3 is 2.59 bits per heavy atom. The van der Waals surface area contributed by atoms with Crippen molar-refractivity contribution in [2.75, 3.05) is 25.4 Å². The van der Waals surface area contributed by atoms with Crippen LogP contribution in [0, 0.1) is 12.7 Å². The van der Waals surface area contributed by atoms with E-state index in [1.165, 1.54) is 23.1 Å². The molecule has 5 nitrogen and oxygen atoms in total. The van der Waals surface area contributed by atoms with Crippen molar-refractivity contribution in [3.8, 4) is 5.75 Å². The van der Waals surface area contributed by atoms with Crippen molar-refractivity contribution in [2.45, 2.75) is 18.6 Å². The molecular weight excluding hydrogens is 369 g/mol. The fourth-order valence-electron chi connectivity index (χ4n) is 3.23. The van der Waals surface area contributed by atoms with E-state index >= 15 is 0 Å². The van der Waals surface area contributed by atoms with Crippen molar-refractivity contribution < 1.29 is 22.3 Å². The molecule has 1 heterocycles. The van der Waals surface area contributed by atoms with E-state index in [2.05, 4.69) is 0 Å². The number of amides is 1. The van der Waals surface area contributed by atoms with Crippen LogP contribution in [0.15, 0.2) is 48.5 Å². The van der Waals surface area contributed by atoms with Crippen LogP contribution in [-0.4, -0.2) is 44.7 Å². The number of aryl methyl sites for hydroxylation is 1. The Bertz CT molecular complexity index is 929. The number of para-hydroxylation sites is 1. The molecule has 1 aliphatic heterocycles. The lowest BCUT2D eigenvalue weighted by Crippen LogP contribution is -2.37. The first-order chi connectivity index (χ1) is 12.9. The van der Waals surface area contributed by atoms with E-state index in [1.54, 1.807) is 12.1 Å². The van der Waals surface area contributed by atoms with Gasteiger partial charge < -0.3 is 9.64 Å². The van der Waals surface area contributed by atoms with Gasteiger partial charge in [0, 0.05) is 18.7 Å². The topological polar surface area (TPSA) is 63.7 Å². The lowest BCUT2D eigenvalue weighted by Gasteiger charge is -2.20. The van der Waals surface area contributed by atoms with Gasteiger partial charge in [0.25, 0.3) is 5.91 Å². The monoisotopic (exact) mass is 391 g/mol. The van der Waals surface area contributed by atoms with E-state index in [4.69, 9.17) is 4.74 Å². The fourth-order valence-corrected chi connectivity index (χ4v) is 5.03. The zero-order chi connectivity index (χ0) is 19.4. The second-order valence-corrected chi connectivity index (χ2v) is 8.90. The predicted octanol–water partition coefficient (Wildman–Crippen LogP) is 2.90. The average molecular weight is 391 g/mol. The average Bonchev–Trinajstić information content (AvgIpc) is 2.79. The van der Waals surface area contributed by atoms with Crippen LogP contribution in [0.1, 0.15) is 22.8 Å². The van der Waals surface area contributed by atoms with E-state index in [-0.39, 0.29) is 43.3 Å².